The lowest BCUT2D eigenvalue weighted by Crippen LogP contribution is -2.51. The zero-order valence-electron chi connectivity index (χ0n) is 10.7. The maximum absolute atomic E-state index is 12.3. The molecule has 2 N–H and O–H groups in total. The molecule has 0 bridgehead atoms. The van der Waals surface area contributed by atoms with Gasteiger partial charge in [-0.2, -0.15) is 13.2 Å². The third kappa shape index (κ3) is 3.60. The number of hydrogen-bond acceptors (Lipinski definition) is 4. The lowest BCUT2D eigenvalue weighted by molar-refractivity contribution is -0.148. The first-order chi connectivity index (χ1) is 9.37. The number of nitrogen functional groups attached to an aromatic ring is 1. The molecule has 0 radical (unpaired) electrons. The Bertz CT molecular complexity index is 484. The van der Waals surface area contributed by atoms with Gasteiger partial charge in [0.05, 0.1) is 12.2 Å². The number of anilines is 1. The van der Waals surface area contributed by atoms with Gasteiger partial charge in [0.2, 0.25) is 0 Å². The summed E-state index contributed by atoms with van der Waals surface area (Å²) in [6.07, 6.45) is -2.75. The fraction of sp³-hybridized carbons (Fsp3) is 0.500. The number of piperazine rings is 1. The molecule has 1 saturated heterocycles. The van der Waals surface area contributed by atoms with Crippen molar-refractivity contribution in [3.8, 4) is 0 Å². The normalized spacial score (nSPS) is 17.2. The summed E-state index contributed by atoms with van der Waals surface area (Å²) in [4.78, 5) is 18.8. The van der Waals surface area contributed by atoms with E-state index in [4.69, 9.17) is 5.73 Å². The molecule has 110 valence electrons. The summed E-state index contributed by atoms with van der Waals surface area (Å²) in [5.74, 6) is -0.338. The molecular formula is C12H15F3N4O. The van der Waals surface area contributed by atoms with Gasteiger partial charge in [0.25, 0.3) is 5.91 Å². The lowest BCUT2D eigenvalue weighted by Gasteiger charge is -2.34. The number of carbonyl (C=O) groups excluding carboxylic acids is 1. The summed E-state index contributed by atoms with van der Waals surface area (Å²) in [6, 6.07) is 3.19. The molecule has 5 nitrogen and oxygen atoms in total. The average molecular weight is 288 g/mol. The Balaban J connectivity index is 1.94. The van der Waals surface area contributed by atoms with Gasteiger partial charge in [0.1, 0.15) is 0 Å². The number of nitrogens with two attached hydrogens (primary N) is 1. The van der Waals surface area contributed by atoms with Crippen LogP contribution in [-0.2, 0) is 0 Å². The Morgan fingerprint density at radius 1 is 1.30 bits per heavy atom. The number of halogens is 3. The van der Waals surface area contributed by atoms with Gasteiger partial charge in [-0.25, -0.2) is 4.98 Å². The van der Waals surface area contributed by atoms with Crippen LogP contribution in [0.3, 0.4) is 0 Å². The summed E-state index contributed by atoms with van der Waals surface area (Å²) < 4.78 is 36.8. The van der Waals surface area contributed by atoms with Gasteiger partial charge in [0.15, 0.2) is 5.69 Å². The minimum Gasteiger partial charge on any atom is -0.397 e. The molecule has 1 aromatic heterocycles. The van der Waals surface area contributed by atoms with Crippen LogP contribution in [0.2, 0.25) is 0 Å². The van der Waals surface area contributed by atoms with E-state index in [0.717, 1.165) is 0 Å². The second-order valence-electron chi connectivity index (χ2n) is 4.62. The first-order valence-electron chi connectivity index (χ1n) is 6.16. The zero-order valence-corrected chi connectivity index (χ0v) is 10.7. The second kappa shape index (κ2) is 5.66. The lowest BCUT2D eigenvalue weighted by atomic mass is 10.2. The van der Waals surface area contributed by atoms with Gasteiger partial charge in [-0.1, -0.05) is 0 Å². The predicted molar refractivity (Wildman–Crippen MR) is 67.0 cm³/mol. The van der Waals surface area contributed by atoms with Crippen LogP contribution in [0.1, 0.15) is 10.5 Å². The molecule has 1 amide bonds. The van der Waals surface area contributed by atoms with E-state index in [1.54, 1.807) is 12.1 Å². The summed E-state index contributed by atoms with van der Waals surface area (Å²) in [5.41, 5.74) is 6.09. The van der Waals surface area contributed by atoms with Gasteiger partial charge in [0, 0.05) is 32.4 Å². The molecule has 0 aromatic carbocycles. The second-order valence-corrected chi connectivity index (χ2v) is 4.62. The van der Waals surface area contributed by atoms with Crippen molar-refractivity contribution in [1.29, 1.82) is 0 Å². The maximum atomic E-state index is 12.3. The van der Waals surface area contributed by atoms with Crippen LogP contribution in [0.15, 0.2) is 18.3 Å². The van der Waals surface area contributed by atoms with Crippen LogP contribution in [0.5, 0.6) is 0 Å². The van der Waals surface area contributed by atoms with Crippen molar-refractivity contribution in [2.75, 3.05) is 38.5 Å². The molecule has 0 saturated carbocycles. The molecule has 20 heavy (non-hydrogen) atoms. The van der Waals surface area contributed by atoms with Crippen LogP contribution >= 0.6 is 0 Å². The van der Waals surface area contributed by atoms with Crippen LogP contribution in [0.25, 0.3) is 0 Å². The highest BCUT2D eigenvalue weighted by Gasteiger charge is 2.33. The van der Waals surface area contributed by atoms with Gasteiger partial charge in [-0.3, -0.25) is 9.69 Å². The fourth-order valence-corrected chi connectivity index (χ4v) is 2.11. The fourth-order valence-electron chi connectivity index (χ4n) is 2.11. The quantitative estimate of drug-likeness (QED) is 0.881. The monoisotopic (exact) mass is 288 g/mol. The van der Waals surface area contributed by atoms with E-state index in [1.807, 2.05) is 0 Å². The van der Waals surface area contributed by atoms with E-state index in [9.17, 15) is 18.0 Å². The molecule has 2 heterocycles. The van der Waals surface area contributed by atoms with Crippen molar-refractivity contribution in [3.05, 3.63) is 24.0 Å². The van der Waals surface area contributed by atoms with Crippen molar-refractivity contribution in [1.82, 2.24) is 14.8 Å². The van der Waals surface area contributed by atoms with E-state index in [2.05, 4.69) is 4.98 Å². The first kappa shape index (κ1) is 14.6. The van der Waals surface area contributed by atoms with Gasteiger partial charge < -0.3 is 10.6 Å². The Kier molecular flexibility index (Phi) is 4.12. The molecule has 2 rings (SSSR count). The number of hydrogen-bond donors (Lipinski definition) is 1. The molecule has 1 aromatic rings. The molecular weight excluding hydrogens is 273 g/mol. The van der Waals surface area contributed by atoms with Crippen LogP contribution < -0.4 is 5.73 Å². The number of aromatic nitrogens is 1. The van der Waals surface area contributed by atoms with E-state index < -0.39 is 12.7 Å². The first-order valence-corrected chi connectivity index (χ1v) is 6.16. The summed E-state index contributed by atoms with van der Waals surface area (Å²) in [7, 11) is 0. The van der Waals surface area contributed by atoms with Crippen molar-refractivity contribution in [2.24, 2.45) is 0 Å². The molecule has 8 heteroatoms. The molecule has 0 unspecified atom stereocenters. The van der Waals surface area contributed by atoms with Crippen molar-refractivity contribution >= 4 is 11.6 Å². The summed E-state index contributed by atoms with van der Waals surface area (Å²) in [5, 5.41) is 0. The predicted octanol–water partition coefficient (Wildman–Crippen LogP) is 0.984. The summed E-state index contributed by atoms with van der Waals surface area (Å²) in [6.45, 7) is -0.0768. The van der Waals surface area contributed by atoms with Crippen LogP contribution in [-0.4, -0.2) is 59.6 Å². The maximum Gasteiger partial charge on any atom is 0.401 e. The average Bonchev–Trinajstić information content (AvgIpc) is 2.37. The van der Waals surface area contributed by atoms with Gasteiger partial charge in [-0.05, 0) is 12.1 Å². The standard InChI is InChI=1S/C12H15F3N4O/c13-12(14,15)8-18-4-6-19(7-5-18)11(20)10-9(16)2-1-3-17-10/h1-3H,4-8,16H2. The molecule has 1 aliphatic heterocycles. The van der Waals surface area contributed by atoms with Crippen LogP contribution in [0.4, 0.5) is 18.9 Å². The van der Waals surface area contributed by atoms with Crippen LogP contribution in [0, 0.1) is 0 Å². The van der Waals surface area contributed by atoms with Gasteiger partial charge in [-0.15, -0.1) is 0 Å². The van der Waals surface area contributed by atoms with Crippen molar-refractivity contribution in [3.63, 3.8) is 0 Å². The Morgan fingerprint density at radius 2 is 1.95 bits per heavy atom. The number of amides is 1. The Labute approximate surface area is 114 Å². The topological polar surface area (TPSA) is 62.5 Å². The number of pyridine rings is 1. The smallest absolute Gasteiger partial charge is 0.397 e. The third-order valence-electron chi connectivity index (χ3n) is 3.10. The molecule has 1 fully saturated rings. The molecule has 1 aliphatic rings. The van der Waals surface area contributed by atoms with Gasteiger partial charge >= 0.3 is 6.18 Å². The SMILES string of the molecule is Nc1cccnc1C(=O)N1CCN(CC(F)(F)F)CC1. The Morgan fingerprint density at radius 3 is 2.50 bits per heavy atom. The minimum atomic E-state index is -4.21. The van der Waals surface area contributed by atoms with Crippen molar-refractivity contribution in [2.45, 2.75) is 6.18 Å². The molecule has 0 atom stereocenters. The highest BCUT2D eigenvalue weighted by molar-refractivity contribution is 5.97. The van der Waals surface area contributed by atoms with E-state index in [0.29, 0.717) is 0 Å². The number of nitrogens with zero attached hydrogens (tertiary/aromatic N) is 3. The number of alkyl halides is 3. The highest BCUT2D eigenvalue weighted by Crippen LogP contribution is 2.18. The highest BCUT2D eigenvalue weighted by atomic mass is 19.4. The zero-order chi connectivity index (χ0) is 14.8. The summed E-state index contributed by atoms with van der Waals surface area (Å²) >= 11 is 0. The number of rotatable bonds is 2. The molecule has 0 spiro atoms. The number of carbonyl (C=O) groups is 1. The minimum absolute atomic E-state index is 0.150. The largest absolute Gasteiger partial charge is 0.401 e. The van der Waals surface area contributed by atoms with E-state index >= 15 is 0 Å². The Hall–Kier alpha value is -1.83. The third-order valence-corrected chi connectivity index (χ3v) is 3.10. The van der Waals surface area contributed by atoms with E-state index in [-0.39, 0.29) is 43.5 Å². The van der Waals surface area contributed by atoms with Crippen molar-refractivity contribution < 1.29 is 18.0 Å². The van der Waals surface area contributed by atoms with E-state index in [1.165, 1.54) is 16.0 Å². The molecule has 0 aliphatic carbocycles.